The zero-order chi connectivity index (χ0) is 20.8. The summed E-state index contributed by atoms with van der Waals surface area (Å²) < 4.78 is 5.07. The van der Waals surface area contributed by atoms with E-state index in [4.69, 9.17) is 4.74 Å². The van der Waals surface area contributed by atoms with E-state index >= 15 is 0 Å². The van der Waals surface area contributed by atoms with E-state index in [1.54, 1.807) is 24.3 Å². The summed E-state index contributed by atoms with van der Waals surface area (Å²) >= 11 is 1.35. The van der Waals surface area contributed by atoms with Gasteiger partial charge in [0.15, 0.2) is 6.61 Å². The number of aryl methyl sites for hydroxylation is 2. The summed E-state index contributed by atoms with van der Waals surface area (Å²) in [5, 5.41) is 7.29. The third-order valence-corrected chi connectivity index (χ3v) is 4.83. The Labute approximate surface area is 172 Å². The number of ether oxygens (including phenoxy) is 1. The van der Waals surface area contributed by atoms with Crippen LogP contribution in [0.1, 0.15) is 31.2 Å². The molecule has 0 radical (unpaired) electrons. The number of hydrogen-bond donors (Lipinski definition) is 2. The molecule has 7 heteroatoms. The number of nitrogens with one attached hydrogen (secondary N) is 2. The fraction of sp³-hybridized carbons (Fsp3) is 0.136. The Hall–Kier alpha value is -3.45. The molecule has 0 unspecified atom stereocenters. The smallest absolute Gasteiger partial charge is 0.338 e. The highest BCUT2D eigenvalue weighted by atomic mass is 32.1. The van der Waals surface area contributed by atoms with Gasteiger partial charge in [-0.15, -0.1) is 11.3 Å². The number of carbonyl (C=O) groups is 3. The molecule has 6 nitrogen and oxygen atoms in total. The second kappa shape index (κ2) is 9.16. The fourth-order valence-corrected chi connectivity index (χ4v) is 3.37. The number of rotatable bonds is 6. The van der Waals surface area contributed by atoms with Crippen LogP contribution in [-0.2, 0) is 9.53 Å². The minimum Gasteiger partial charge on any atom is -0.452 e. The van der Waals surface area contributed by atoms with Crippen LogP contribution >= 0.6 is 11.3 Å². The van der Waals surface area contributed by atoms with Gasteiger partial charge in [-0.2, -0.15) is 0 Å². The van der Waals surface area contributed by atoms with Crippen molar-refractivity contribution in [3.63, 3.8) is 0 Å². The van der Waals surface area contributed by atoms with Crippen LogP contribution in [0.2, 0.25) is 0 Å². The minimum atomic E-state index is -0.614. The Kier molecular flexibility index (Phi) is 6.41. The average Bonchev–Trinajstić information content (AvgIpc) is 3.21. The van der Waals surface area contributed by atoms with Gasteiger partial charge in [0.25, 0.3) is 11.8 Å². The molecule has 0 aliphatic heterocycles. The lowest BCUT2D eigenvalue weighted by molar-refractivity contribution is -0.119. The lowest BCUT2D eigenvalue weighted by Crippen LogP contribution is -2.21. The van der Waals surface area contributed by atoms with Gasteiger partial charge in [0.1, 0.15) is 0 Å². The van der Waals surface area contributed by atoms with Gasteiger partial charge in [0.2, 0.25) is 0 Å². The topological polar surface area (TPSA) is 84.5 Å². The van der Waals surface area contributed by atoms with Crippen LogP contribution in [0.15, 0.2) is 60.0 Å². The van der Waals surface area contributed by atoms with Crippen molar-refractivity contribution in [3.05, 3.63) is 81.5 Å². The van der Waals surface area contributed by atoms with E-state index in [9.17, 15) is 14.4 Å². The zero-order valence-electron chi connectivity index (χ0n) is 16.0. The van der Waals surface area contributed by atoms with Gasteiger partial charge in [-0.1, -0.05) is 12.1 Å². The maximum absolute atomic E-state index is 12.1. The molecule has 148 valence electrons. The van der Waals surface area contributed by atoms with Crippen LogP contribution in [0.3, 0.4) is 0 Å². The zero-order valence-corrected chi connectivity index (χ0v) is 16.8. The van der Waals surface area contributed by atoms with E-state index in [0.29, 0.717) is 21.8 Å². The van der Waals surface area contributed by atoms with Crippen molar-refractivity contribution >= 4 is 40.5 Å². The molecule has 0 saturated heterocycles. The molecule has 3 rings (SSSR count). The normalized spacial score (nSPS) is 10.3. The van der Waals surface area contributed by atoms with Crippen LogP contribution in [0.4, 0.5) is 11.4 Å². The summed E-state index contributed by atoms with van der Waals surface area (Å²) in [7, 11) is 0. The molecule has 1 heterocycles. The maximum Gasteiger partial charge on any atom is 0.338 e. The lowest BCUT2D eigenvalue weighted by atomic mass is 10.1. The Bertz CT molecular complexity index is 1010. The molecular weight excluding hydrogens is 388 g/mol. The molecular formula is C22H20N2O4S. The summed E-state index contributed by atoms with van der Waals surface area (Å²) in [6.45, 7) is 3.49. The molecule has 2 N–H and O–H groups in total. The van der Waals surface area contributed by atoms with Crippen LogP contribution in [0.25, 0.3) is 0 Å². The van der Waals surface area contributed by atoms with Crippen molar-refractivity contribution in [2.24, 2.45) is 0 Å². The quantitative estimate of drug-likeness (QED) is 0.592. The monoisotopic (exact) mass is 408 g/mol. The molecule has 0 aliphatic carbocycles. The van der Waals surface area contributed by atoms with E-state index in [-0.39, 0.29) is 12.5 Å². The van der Waals surface area contributed by atoms with Gasteiger partial charge < -0.3 is 15.4 Å². The number of amides is 2. The number of esters is 1. The highest BCUT2D eigenvalue weighted by molar-refractivity contribution is 7.12. The van der Waals surface area contributed by atoms with Crippen molar-refractivity contribution < 1.29 is 19.1 Å². The van der Waals surface area contributed by atoms with E-state index in [1.165, 1.54) is 23.5 Å². The molecule has 0 fully saturated rings. The summed E-state index contributed by atoms with van der Waals surface area (Å²) in [5.41, 5.74) is 3.58. The van der Waals surface area contributed by atoms with E-state index in [1.807, 2.05) is 37.4 Å². The number of carbonyl (C=O) groups excluding carboxylic acids is 3. The van der Waals surface area contributed by atoms with Gasteiger partial charge in [0, 0.05) is 11.4 Å². The van der Waals surface area contributed by atoms with Crippen molar-refractivity contribution in [3.8, 4) is 0 Å². The Balaban J connectivity index is 1.51. The van der Waals surface area contributed by atoms with Crippen molar-refractivity contribution in [2.75, 3.05) is 17.2 Å². The molecule has 0 bridgehead atoms. The molecule has 0 spiro atoms. The molecule has 0 saturated carbocycles. The van der Waals surface area contributed by atoms with Gasteiger partial charge in [-0.25, -0.2) is 4.79 Å². The van der Waals surface area contributed by atoms with Crippen molar-refractivity contribution in [1.82, 2.24) is 0 Å². The molecule has 3 aromatic rings. The van der Waals surface area contributed by atoms with Crippen molar-refractivity contribution in [1.29, 1.82) is 0 Å². The minimum absolute atomic E-state index is 0.210. The fourth-order valence-electron chi connectivity index (χ4n) is 2.75. The highest BCUT2D eigenvalue weighted by Gasteiger charge is 2.12. The first-order valence-corrected chi connectivity index (χ1v) is 9.79. The second-order valence-corrected chi connectivity index (χ2v) is 7.46. The first-order valence-electron chi connectivity index (χ1n) is 8.91. The molecule has 2 amide bonds. The van der Waals surface area contributed by atoms with E-state index in [2.05, 4.69) is 10.6 Å². The second-order valence-electron chi connectivity index (χ2n) is 6.51. The largest absolute Gasteiger partial charge is 0.452 e. The Morgan fingerprint density at radius 1 is 0.897 bits per heavy atom. The molecule has 0 aliphatic rings. The van der Waals surface area contributed by atoms with Crippen molar-refractivity contribution in [2.45, 2.75) is 13.8 Å². The third kappa shape index (κ3) is 5.76. The van der Waals surface area contributed by atoms with Gasteiger partial charge in [-0.05, 0) is 72.8 Å². The third-order valence-electron chi connectivity index (χ3n) is 3.96. The van der Waals surface area contributed by atoms with Gasteiger partial charge in [-0.3, -0.25) is 9.59 Å². The van der Waals surface area contributed by atoms with E-state index in [0.717, 1.165) is 11.1 Å². The lowest BCUT2D eigenvalue weighted by Gasteiger charge is -2.09. The molecule has 2 aromatic carbocycles. The summed E-state index contributed by atoms with van der Waals surface area (Å²) in [6.07, 6.45) is 0. The van der Waals surface area contributed by atoms with Gasteiger partial charge in [0.05, 0.1) is 10.4 Å². The average molecular weight is 408 g/mol. The first kappa shape index (κ1) is 20.3. The molecule has 29 heavy (non-hydrogen) atoms. The maximum atomic E-state index is 12.1. The van der Waals surface area contributed by atoms with Gasteiger partial charge >= 0.3 is 5.97 Å². The summed E-state index contributed by atoms with van der Waals surface area (Å²) in [4.78, 5) is 36.8. The predicted octanol–water partition coefficient (Wildman–Crippen LogP) is 4.41. The predicted molar refractivity (Wildman–Crippen MR) is 114 cm³/mol. The number of thiophene rings is 1. The van der Waals surface area contributed by atoms with Crippen LogP contribution in [-0.4, -0.2) is 24.4 Å². The SMILES string of the molecule is Cc1cc(C)cc(NC(=O)COC(=O)c2ccc(NC(=O)c3cccs3)cc2)c1. The Morgan fingerprint density at radius 3 is 2.21 bits per heavy atom. The number of hydrogen-bond acceptors (Lipinski definition) is 5. The standard InChI is InChI=1S/C22H20N2O4S/c1-14-10-15(2)12-18(11-14)23-20(25)13-28-22(27)16-5-7-17(8-6-16)24-21(26)19-4-3-9-29-19/h3-12H,13H2,1-2H3,(H,23,25)(H,24,26). The van der Waals surface area contributed by atoms with E-state index < -0.39 is 11.9 Å². The van der Waals surface area contributed by atoms with Crippen LogP contribution < -0.4 is 10.6 Å². The first-order chi connectivity index (χ1) is 13.9. The molecule has 1 aromatic heterocycles. The Morgan fingerprint density at radius 2 is 1.59 bits per heavy atom. The molecule has 0 atom stereocenters. The van der Waals surface area contributed by atoms with Crippen LogP contribution in [0.5, 0.6) is 0 Å². The number of anilines is 2. The number of benzene rings is 2. The summed E-state index contributed by atoms with van der Waals surface area (Å²) in [5.74, 6) is -1.24. The van der Waals surface area contributed by atoms with Crippen LogP contribution in [0, 0.1) is 13.8 Å². The highest BCUT2D eigenvalue weighted by Crippen LogP contribution is 2.16. The summed E-state index contributed by atoms with van der Waals surface area (Å²) in [6, 6.07) is 15.5.